The molecule has 3 atom stereocenters. The van der Waals surface area contributed by atoms with Crippen LogP contribution in [0.1, 0.15) is 57.6 Å². The fraction of sp³-hybridized carbons (Fsp3) is 0.579. The van der Waals surface area contributed by atoms with Gasteiger partial charge in [0.15, 0.2) is 0 Å². The van der Waals surface area contributed by atoms with Crippen molar-refractivity contribution in [1.29, 1.82) is 0 Å². The van der Waals surface area contributed by atoms with E-state index >= 15 is 0 Å². The monoisotopic (exact) mass is 328 g/mol. The first-order chi connectivity index (χ1) is 11.4. The molecule has 5 heteroatoms. The van der Waals surface area contributed by atoms with Crippen LogP contribution in [0.25, 0.3) is 0 Å². The minimum absolute atomic E-state index is 0.0561. The van der Waals surface area contributed by atoms with Crippen LogP contribution in [-0.4, -0.2) is 24.2 Å². The third-order valence-corrected chi connectivity index (χ3v) is 5.12. The molecule has 3 unspecified atom stereocenters. The highest BCUT2D eigenvalue weighted by Crippen LogP contribution is 2.30. The number of carbonyl (C=O) groups is 1. The summed E-state index contributed by atoms with van der Waals surface area (Å²) < 4.78 is 0. The van der Waals surface area contributed by atoms with Gasteiger partial charge in [0, 0.05) is 12.0 Å². The van der Waals surface area contributed by atoms with Crippen molar-refractivity contribution in [2.24, 2.45) is 11.0 Å². The van der Waals surface area contributed by atoms with Crippen molar-refractivity contribution in [3.8, 4) is 0 Å². The van der Waals surface area contributed by atoms with Crippen molar-refractivity contribution in [3.05, 3.63) is 35.4 Å². The van der Waals surface area contributed by atoms with Gasteiger partial charge in [0.05, 0.1) is 6.21 Å². The number of fused-ring (bicyclic) bond motifs is 1. The van der Waals surface area contributed by atoms with Gasteiger partial charge in [0.2, 0.25) is 0 Å². The Kier molecular flexibility index (Phi) is 5.01. The van der Waals surface area contributed by atoms with Crippen molar-refractivity contribution in [3.63, 3.8) is 0 Å². The van der Waals surface area contributed by atoms with Gasteiger partial charge >= 0.3 is 0 Å². The van der Waals surface area contributed by atoms with E-state index in [2.05, 4.69) is 54.3 Å². The van der Waals surface area contributed by atoms with Crippen molar-refractivity contribution in [2.75, 3.05) is 0 Å². The molecule has 0 bridgehead atoms. The van der Waals surface area contributed by atoms with Crippen LogP contribution in [0.4, 0.5) is 0 Å². The van der Waals surface area contributed by atoms with E-state index in [1.54, 1.807) is 6.21 Å². The van der Waals surface area contributed by atoms with Crippen molar-refractivity contribution in [2.45, 2.75) is 64.0 Å². The van der Waals surface area contributed by atoms with Crippen LogP contribution < -0.4 is 16.3 Å². The summed E-state index contributed by atoms with van der Waals surface area (Å²) in [7, 11) is 0. The van der Waals surface area contributed by atoms with Crippen LogP contribution in [0.3, 0.4) is 0 Å². The molecule has 0 aromatic heterocycles. The van der Waals surface area contributed by atoms with E-state index in [9.17, 15) is 4.79 Å². The molecule has 2 aliphatic rings. The molecule has 3 N–H and O–H groups in total. The molecule has 1 aliphatic heterocycles. The summed E-state index contributed by atoms with van der Waals surface area (Å²) in [5, 5.41) is 4.12. The lowest BCUT2D eigenvalue weighted by Crippen LogP contribution is -2.44. The van der Waals surface area contributed by atoms with Gasteiger partial charge in [-0.3, -0.25) is 10.2 Å². The molecular weight excluding hydrogens is 300 g/mol. The van der Waals surface area contributed by atoms with Crippen LogP contribution in [0.2, 0.25) is 0 Å². The van der Waals surface area contributed by atoms with E-state index in [0.29, 0.717) is 12.0 Å². The van der Waals surface area contributed by atoms with E-state index in [4.69, 9.17) is 0 Å². The molecule has 130 valence electrons. The summed E-state index contributed by atoms with van der Waals surface area (Å²) in [6.45, 7) is 6.58. The maximum absolute atomic E-state index is 12.3. The molecule has 1 saturated carbocycles. The zero-order chi connectivity index (χ0) is 17.2. The zero-order valence-corrected chi connectivity index (χ0v) is 14.8. The Balaban J connectivity index is 1.55. The molecule has 1 aliphatic carbocycles. The van der Waals surface area contributed by atoms with E-state index in [0.717, 1.165) is 18.4 Å². The van der Waals surface area contributed by atoms with Gasteiger partial charge < -0.3 is 0 Å². The van der Waals surface area contributed by atoms with Crippen LogP contribution in [-0.2, 0) is 10.2 Å². The van der Waals surface area contributed by atoms with E-state index in [1.165, 1.54) is 18.4 Å². The minimum atomic E-state index is -0.185. The Labute approximate surface area is 144 Å². The molecule has 5 nitrogen and oxygen atoms in total. The van der Waals surface area contributed by atoms with Gasteiger partial charge in [-0.1, -0.05) is 57.9 Å². The smallest absolute Gasteiger partial charge is 0.258 e. The predicted molar refractivity (Wildman–Crippen MR) is 96.7 cm³/mol. The maximum atomic E-state index is 12.3. The van der Waals surface area contributed by atoms with Gasteiger partial charge in [-0.25, -0.2) is 10.9 Å². The lowest BCUT2D eigenvalue weighted by atomic mass is 9.81. The fourth-order valence-electron chi connectivity index (χ4n) is 3.61. The van der Waals surface area contributed by atoms with Crippen molar-refractivity contribution >= 4 is 12.1 Å². The number of amides is 1. The van der Waals surface area contributed by atoms with E-state index < -0.39 is 0 Å². The Morgan fingerprint density at radius 3 is 2.58 bits per heavy atom. The van der Waals surface area contributed by atoms with Crippen LogP contribution in [0, 0.1) is 5.92 Å². The fourth-order valence-corrected chi connectivity index (χ4v) is 3.61. The van der Waals surface area contributed by atoms with Gasteiger partial charge in [0.1, 0.15) is 6.04 Å². The number of hydrogen-bond acceptors (Lipinski definition) is 4. The van der Waals surface area contributed by atoms with Crippen LogP contribution >= 0.6 is 0 Å². The predicted octanol–water partition coefficient (Wildman–Crippen LogP) is 2.47. The Morgan fingerprint density at radius 1 is 1.17 bits per heavy atom. The Morgan fingerprint density at radius 2 is 1.88 bits per heavy atom. The minimum Gasteiger partial charge on any atom is -0.271 e. The lowest BCUT2D eigenvalue weighted by molar-refractivity contribution is -0.123. The summed E-state index contributed by atoms with van der Waals surface area (Å²) in [5.74, 6) is 0.319. The molecule has 1 aromatic carbocycles. The molecule has 1 saturated heterocycles. The number of rotatable bonds is 3. The number of carbonyl (C=O) groups excluding carboxylic acids is 1. The van der Waals surface area contributed by atoms with Gasteiger partial charge in [-0.2, -0.15) is 5.10 Å². The van der Waals surface area contributed by atoms with Crippen molar-refractivity contribution in [1.82, 2.24) is 16.3 Å². The first kappa shape index (κ1) is 17.1. The second-order valence-corrected chi connectivity index (χ2v) is 7.93. The first-order valence-corrected chi connectivity index (χ1v) is 8.90. The summed E-state index contributed by atoms with van der Waals surface area (Å²) in [6, 6.07) is 8.52. The SMILES string of the molecule is CC(C)(C)c1ccc(/C=N\NC(=O)C2NNC3CCCCC32)cc1. The highest BCUT2D eigenvalue weighted by atomic mass is 16.2. The van der Waals surface area contributed by atoms with Gasteiger partial charge in [0.25, 0.3) is 5.91 Å². The first-order valence-electron chi connectivity index (χ1n) is 8.90. The topological polar surface area (TPSA) is 65.5 Å². The number of nitrogens with one attached hydrogen (secondary N) is 3. The third-order valence-electron chi connectivity index (χ3n) is 5.12. The average molecular weight is 328 g/mol. The molecule has 1 aromatic rings. The number of nitrogens with zero attached hydrogens (tertiary/aromatic N) is 1. The molecule has 1 heterocycles. The molecule has 0 radical (unpaired) electrons. The lowest BCUT2D eigenvalue weighted by Gasteiger charge is -2.26. The van der Waals surface area contributed by atoms with Gasteiger partial charge in [-0.05, 0) is 29.4 Å². The summed E-state index contributed by atoms with van der Waals surface area (Å²) in [4.78, 5) is 12.3. The summed E-state index contributed by atoms with van der Waals surface area (Å²) >= 11 is 0. The number of hydrazone groups is 1. The second-order valence-electron chi connectivity index (χ2n) is 7.93. The summed E-state index contributed by atoms with van der Waals surface area (Å²) in [5.41, 5.74) is 11.5. The van der Waals surface area contributed by atoms with E-state index in [1.807, 2.05) is 12.1 Å². The van der Waals surface area contributed by atoms with Gasteiger partial charge in [-0.15, -0.1) is 0 Å². The van der Waals surface area contributed by atoms with Crippen molar-refractivity contribution < 1.29 is 4.79 Å². The average Bonchev–Trinajstić information content (AvgIpc) is 2.98. The largest absolute Gasteiger partial charge is 0.271 e. The molecule has 1 amide bonds. The highest BCUT2D eigenvalue weighted by molar-refractivity contribution is 5.85. The molecule has 24 heavy (non-hydrogen) atoms. The normalized spacial score (nSPS) is 27.2. The molecule has 0 spiro atoms. The number of hydrogen-bond donors (Lipinski definition) is 3. The Bertz CT molecular complexity index is 603. The second kappa shape index (κ2) is 7.03. The quantitative estimate of drug-likeness (QED) is 0.590. The standard InChI is InChI=1S/C19H28N4O/c1-19(2,3)14-10-8-13(9-11-14)12-20-23-18(24)17-15-6-4-5-7-16(15)21-22-17/h8-12,15-17,21-22H,4-7H2,1-3H3,(H,23,24)/b20-12-. The molecule has 2 fully saturated rings. The number of benzene rings is 1. The Hall–Kier alpha value is -1.72. The molecular formula is C19H28N4O. The van der Waals surface area contributed by atoms with Crippen LogP contribution in [0.15, 0.2) is 29.4 Å². The molecule has 3 rings (SSSR count). The highest BCUT2D eigenvalue weighted by Gasteiger charge is 2.40. The van der Waals surface area contributed by atoms with E-state index in [-0.39, 0.29) is 17.4 Å². The number of hydrazine groups is 1. The summed E-state index contributed by atoms with van der Waals surface area (Å²) in [6.07, 6.45) is 6.39. The maximum Gasteiger partial charge on any atom is 0.258 e. The zero-order valence-electron chi connectivity index (χ0n) is 14.8. The van der Waals surface area contributed by atoms with Crippen LogP contribution in [0.5, 0.6) is 0 Å². The third kappa shape index (κ3) is 3.84.